The van der Waals surface area contributed by atoms with Gasteiger partial charge in [0.05, 0.1) is 0 Å². The van der Waals surface area contributed by atoms with Gasteiger partial charge in [-0.15, -0.1) is 10.2 Å². The molecule has 1 aliphatic heterocycles. The van der Waals surface area contributed by atoms with Crippen molar-refractivity contribution in [3.63, 3.8) is 0 Å². The molecule has 0 radical (unpaired) electrons. The van der Waals surface area contributed by atoms with Crippen molar-refractivity contribution in [1.29, 1.82) is 0 Å². The van der Waals surface area contributed by atoms with Crippen LogP contribution >= 0.6 is 15.9 Å². The van der Waals surface area contributed by atoms with Crippen molar-refractivity contribution in [1.82, 2.24) is 20.4 Å². The first-order chi connectivity index (χ1) is 14.4. The number of hydrogen-bond acceptors (Lipinski definition) is 6. The number of aromatic nitrogens is 2. The minimum absolute atomic E-state index is 0.0893. The third-order valence-electron chi connectivity index (χ3n) is 4.96. The molecule has 4 rings (SSSR count). The molecule has 3 aromatic rings. The number of unbranched alkanes of at least 4 members (excludes halogenated alkanes) is 1. The van der Waals surface area contributed by atoms with Gasteiger partial charge in [0, 0.05) is 0 Å². The Hall–Kier alpha value is -3.01. The van der Waals surface area contributed by atoms with Gasteiger partial charge in [0.2, 0.25) is 5.89 Å². The number of furan rings is 1. The van der Waals surface area contributed by atoms with Gasteiger partial charge in [0.15, 0.2) is 10.4 Å². The van der Waals surface area contributed by atoms with E-state index < -0.39 is 23.3 Å². The van der Waals surface area contributed by atoms with Gasteiger partial charge in [0.1, 0.15) is 17.9 Å². The summed E-state index contributed by atoms with van der Waals surface area (Å²) in [6.45, 7) is 1.80. The highest BCUT2D eigenvalue weighted by Crippen LogP contribution is 2.35. The quantitative estimate of drug-likeness (QED) is 0.508. The molecule has 156 valence electrons. The van der Waals surface area contributed by atoms with Crippen molar-refractivity contribution in [2.45, 2.75) is 38.3 Å². The number of nitrogens with zero attached hydrogens (tertiary/aromatic N) is 3. The molecule has 1 unspecified atom stereocenters. The Morgan fingerprint density at radius 3 is 2.57 bits per heavy atom. The molecule has 30 heavy (non-hydrogen) atoms. The number of rotatable bonds is 7. The number of hydrogen-bond donors (Lipinski definition) is 1. The summed E-state index contributed by atoms with van der Waals surface area (Å²) >= 11 is 3.20. The Morgan fingerprint density at radius 2 is 1.90 bits per heavy atom. The maximum atomic E-state index is 13.4. The van der Waals surface area contributed by atoms with E-state index in [0.29, 0.717) is 28.8 Å². The standard InChI is InChI=1S/C20H18BrFN4O4/c1-2-3-10-20(12-4-6-13(22)7-5-12)18(27)26(19(28)23-20)11-16-24-25-17(30-16)14-8-9-15(21)29-14/h4-9H,2-3,10-11H2,1H3,(H,23,28). The first-order valence-electron chi connectivity index (χ1n) is 9.41. The molecule has 2 aromatic heterocycles. The topological polar surface area (TPSA) is 101 Å². The Morgan fingerprint density at radius 1 is 1.13 bits per heavy atom. The number of halogens is 2. The molecule has 1 N–H and O–H groups in total. The van der Waals surface area contributed by atoms with E-state index in [1.165, 1.54) is 24.3 Å². The minimum Gasteiger partial charge on any atom is -0.444 e. The van der Waals surface area contributed by atoms with Crippen LogP contribution in [0.15, 0.2) is 49.9 Å². The van der Waals surface area contributed by atoms with Crippen molar-refractivity contribution >= 4 is 27.9 Å². The molecule has 3 amide bonds. The molecule has 0 spiro atoms. The predicted molar refractivity (Wildman–Crippen MR) is 106 cm³/mol. The lowest BCUT2D eigenvalue weighted by Crippen LogP contribution is -2.44. The second-order valence-electron chi connectivity index (χ2n) is 6.94. The van der Waals surface area contributed by atoms with Crippen molar-refractivity contribution < 1.29 is 22.8 Å². The van der Waals surface area contributed by atoms with Gasteiger partial charge < -0.3 is 14.2 Å². The maximum Gasteiger partial charge on any atom is 0.325 e. The van der Waals surface area contributed by atoms with Crippen LogP contribution in [0.25, 0.3) is 11.7 Å². The minimum atomic E-state index is -1.25. The van der Waals surface area contributed by atoms with Gasteiger partial charge in [-0.2, -0.15) is 0 Å². The Bertz CT molecular complexity index is 1080. The lowest BCUT2D eigenvalue weighted by Gasteiger charge is -2.27. The highest BCUT2D eigenvalue weighted by molar-refractivity contribution is 9.10. The molecule has 1 saturated heterocycles. The average Bonchev–Trinajstić information content (AvgIpc) is 3.43. The third-order valence-corrected chi connectivity index (χ3v) is 5.39. The summed E-state index contributed by atoms with van der Waals surface area (Å²) in [4.78, 5) is 27.1. The second-order valence-corrected chi connectivity index (χ2v) is 7.72. The van der Waals surface area contributed by atoms with Crippen molar-refractivity contribution in [3.05, 3.63) is 58.3 Å². The molecule has 1 atom stereocenters. The zero-order chi connectivity index (χ0) is 21.3. The van der Waals surface area contributed by atoms with Crippen LogP contribution in [0.5, 0.6) is 0 Å². The summed E-state index contributed by atoms with van der Waals surface area (Å²) in [7, 11) is 0. The second kappa shape index (κ2) is 8.02. The number of benzene rings is 1. The van der Waals surface area contributed by atoms with Crippen LogP contribution < -0.4 is 5.32 Å². The summed E-state index contributed by atoms with van der Waals surface area (Å²) < 4.78 is 24.8. The smallest absolute Gasteiger partial charge is 0.325 e. The van der Waals surface area contributed by atoms with Crippen molar-refractivity contribution in [3.8, 4) is 11.7 Å². The molecule has 3 heterocycles. The zero-order valence-electron chi connectivity index (χ0n) is 16.0. The van der Waals surface area contributed by atoms with E-state index in [-0.39, 0.29) is 18.3 Å². The van der Waals surface area contributed by atoms with Crippen molar-refractivity contribution in [2.75, 3.05) is 0 Å². The first-order valence-corrected chi connectivity index (χ1v) is 10.2. The maximum absolute atomic E-state index is 13.4. The van der Waals surface area contributed by atoms with Gasteiger partial charge >= 0.3 is 6.03 Å². The molecule has 1 fully saturated rings. The molecule has 10 heteroatoms. The van der Waals surface area contributed by atoms with Gasteiger partial charge in [-0.25, -0.2) is 9.18 Å². The van der Waals surface area contributed by atoms with Crippen LogP contribution in [0.4, 0.5) is 9.18 Å². The molecule has 1 aliphatic rings. The zero-order valence-corrected chi connectivity index (χ0v) is 17.6. The number of imide groups is 1. The molecular formula is C20H18BrFN4O4. The number of nitrogens with one attached hydrogen (secondary N) is 1. The van der Waals surface area contributed by atoms with Crippen molar-refractivity contribution in [2.24, 2.45) is 0 Å². The monoisotopic (exact) mass is 476 g/mol. The normalized spacial score (nSPS) is 18.8. The van der Waals surface area contributed by atoms with E-state index in [1.807, 2.05) is 6.92 Å². The summed E-state index contributed by atoms with van der Waals surface area (Å²) in [5.41, 5.74) is -0.722. The number of urea groups is 1. The van der Waals surface area contributed by atoms with Gasteiger partial charge in [0.25, 0.3) is 11.8 Å². The van der Waals surface area contributed by atoms with E-state index in [0.717, 1.165) is 11.3 Å². The molecule has 1 aromatic carbocycles. The molecule has 0 saturated carbocycles. The molecule has 0 aliphatic carbocycles. The van der Waals surface area contributed by atoms with Crippen LogP contribution in [0.3, 0.4) is 0 Å². The number of carbonyl (C=O) groups excluding carboxylic acids is 2. The fourth-order valence-electron chi connectivity index (χ4n) is 3.44. The Labute approximate surface area is 179 Å². The first kappa shape index (κ1) is 20.3. The summed E-state index contributed by atoms with van der Waals surface area (Å²) in [6, 6.07) is 8.36. The molecule has 0 bridgehead atoms. The summed E-state index contributed by atoms with van der Waals surface area (Å²) in [6.07, 6.45) is 1.93. The van der Waals surface area contributed by atoms with E-state index in [1.54, 1.807) is 12.1 Å². The number of carbonyl (C=O) groups is 2. The highest BCUT2D eigenvalue weighted by Gasteiger charge is 2.52. The third kappa shape index (κ3) is 3.62. The highest BCUT2D eigenvalue weighted by atomic mass is 79.9. The lowest BCUT2D eigenvalue weighted by molar-refractivity contribution is -0.132. The average molecular weight is 477 g/mol. The molecule has 8 nitrogen and oxygen atoms in total. The fourth-order valence-corrected chi connectivity index (χ4v) is 3.74. The van der Waals surface area contributed by atoms with Crippen LogP contribution in [-0.4, -0.2) is 27.0 Å². The van der Waals surface area contributed by atoms with Crippen LogP contribution in [-0.2, 0) is 16.9 Å². The summed E-state index contributed by atoms with van der Waals surface area (Å²) in [5.74, 6) is -0.264. The van der Waals surface area contributed by atoms with Gasteiger partial charge in [-0.1, -0.05) is 31.9 Å². The van der Waals surface area contributed by atoms with Crippen LogP contribution in [0, 0.1) is 5.82 Å². The Kier molecular flexibility index (Phi) is 5.42. The summed E-state index contributed by atoms with van der Waals surface area (Å²) in [5, 5.41) is 10.6. The number of amides is 3. The van der Waals surface area contributed by atoms with E-state index in [2.05, 4.69) is 31.4 Å². The van der Waals surface area contributed by atoms with E-state index >= 15 is 0 Å². The van der Waals surface area contributed by atoms with Gasteiger partial charge in [-0.05, 0) is 52.2 Å². The largest absolute Gasteiger partial charge is 0.444 e. The van der Waals surface area contributed by atoms with E-state index in [4.69, 9.17) is 8.83 Å². The Balaban J connectivity index is 1.60. The SMILES string of the molecule is CCCCC1(c2ccc(F)cc2)NC(=O)N(Cc2nnc(-c3ccc(Br)o3)o2)C1=O. The molecular weight excluding hydrogens is 459 g/mol. The van der Waals surface area contributed by atoms with E-state index in [9.17, 15) is 14.0 Å². The lowest BCUT2D eigenvalue weighted by atomic mass is 9.85. The van der Waals surface area contributed by atoms with Crippen LogP contribution in [0.2, 0.25) is 0 Å². The fraction of sp³-hybridized carbons (Fsp3) is 0.300. The van der Waals surface area contributed by atoms with Gasteiger partial charge in [-0.3, -0.25) is 9.69 Å². The predicted octanol–water partition coefficient (Wildman–Crippen LogP) is 4.37. The van der Waals surface area contributed by atoms with Crippen LogP contribution in [0.1, 0.15) is 37.6 Å².